The van der Waals surface area contributed by atoms with Crippen LogP contribution in [0.5, 0.6) is 0 Å². The fourth-order valence-corrected chi connectivity index (χ4v) is 6.91. The molecule has 0 saturated carbocycles. The molecule has 5 rings (SSSR count). The highest BCUT2D eigenvalue weighted by Crippen LogP contribution is 2.46. The van der Waals surface area contributed by atoms with Gasteiger partial charge in [0, 0.05) is 22.0 Å². The molecular formula is C32H30N2S. The molecule has 0 atom stereocenters. The molecule has 2 nitrogen and oxygen atoms in total. The first kappa shape index (κ1) is 23.3. The maximum atomic E-state index is 9.95. The zero-order valence-electron chi connectivity index (χ0n) is 21.5. The van der Waals surface area contributed by atoms with Crippen LogP contribution in [0.25, 0.3) is 42.6 Å². The number of rotatable bonds is 2. The average molecular weight is 475 g/mol. The zero-order chi connectivity index (χ0) is 25.1. The van der Waals surface area contributed by atoms with Crippen molar-refractivity contribution in [1.29, 1.82) is 5.26 Å². The van der Waals surface area contributed by atoms with Crippen LogP contribution < -0.4 is 0 Å². The van der Waals surface area contributed by atoms with Gasteiger partial charge in [0.05, 0.1) is 16.0 Å². The second kappa shape index (κ2) is 8.33. The molecule has 0 aliphatic carbocycles. The Morgan fingerprint density at radius 1 is 0.914 bits per heavy atom. The van der Waals surface area contributed by atoms with Crippen molar-refractivity contribution < 1.29 is 0 Å². The molecule has 0 amide bonds. The number of thiophene rings is 1. The van der Waals surface area contributed by atoms with Crippen LogP contribution in [0.2, 0.25) is 0 Å². The third-order valence-electron chi connectivity index (χ3n) is 6.92. The molecule has 5 aromatic rings. The van der Waals surface area contributed by atoms with E-state index in [9.17, 15) is 5.26 Å². The molecule has 0 radical (unpaired) electrons. The van der Waals surface area contributed by atoms with Crippen LogP contribution in [0.3, 0.4) is 0 Å². The molecule has 0 fully saturated rings. The minimum Gasteiger partial charge on any atom is -0.253 e. The van der Waals surface area contributed by atoms with Gasteiger partial charge < -0.3 is 0 Å². The summed E-state index contributed by atoms with van der Waals surface area (Å²) in [7, 11) is 0. The lowest BCUT2D eigenvalue weighted by Crippen LogP contribution is -2.12. The summed E-state index contributed by atoms with van der Waals surface area (Å²) in [5.74, 6) is 0. The number of hydrogen-bond acceptors (Lipinski definition) is 3. The second-order valence-corrected chi connectivity index (χ2v) is 11.7. The number of fused-ring (bicyclic) bond motifs is 2. The molecule has 3 heteroatoms. The Balaban J connectivity index is 1.86. The van der Waals surface area contributed by atoms with Gasteiger partial charge in [0.1, 0.15) is 6.07 Å². The van der Waals surface area contributed by atoms with E-state index in [2.05, 4.69) is 103 Å². The van der Waals surface area contributed by atoms with Crippen LogP contribution in [-0.4, -0.2) is 4.98 Å². The Morgan fingerprint density at radius 2 is 1.60 bits per heavy atom. The third-order valence-corrected chi connectivity index (χ3v) is 8.24. The molecule has 2 aromatic heterocycles. The standard InChI is InChI=1S/C32H30N2S/c1-18-12-19(2)27(20(3)13-18)30-21(4)28-24(16-33)17-34-29(31(28)35-30)23-14-22-10-8-9-11-25(22)26(15-23)32(5,6)7/h8-15,17H,1-7H3. The highest BCUT2D eigenvalue weighted by atomic mass is 32.1. The van der Waals surface area contributed by atoms with Gasteiger partial charge in [0.15, 0.2) is 0 Å². The van der Waals surface area contributed by atoms with Gasteiger partial charge in [-0.25, -0.2) is 0 Å². The number of benzene rings is 3. The van der Waals surface area contributed by atoms with Crippen LogP contribution in [-0.2, 0) is 5.41 Å². The van der Waals surface area contributed by atoms with E-state index in [0.717, 1.165) is 26.9 Å². The highest BCUT2D eigenvalue weighted by molar-refractivity contribution is 7.23. The quantitative estimate of drug-likeness (QED) is 0.256. The number of aromatic nitrogens is 1. The minimum absolute atomic E-state index is 0.00598. The first-order valence-electron chi connectivity index (χ1n) is 12.0. The van der Waals surface area contributed by atoms with Crippen LogP contribution in [0.15, 0.2) is 54.7 Å². The van der Waals surface area contributed by atoms with Crippen molar-refractivity contribution >= 4 is 32.2 Å². The summed E-state index contributed by atoms with van der Waals surface area (Å²) in [6, 6.07) is 20.0. The smallest absolute Gasteiger partial charge is 0.101 e. The monoisotopic (exact) mass is 474 g/mol. The lowest BCUT2D eigenvalue weighted by Gasteiger charge is -2.22. The maximum absolute atomic E-state index is 9.95. The molecule has 2 heterocycles. The highest BCUT2D eigenvalue weighted by Gasteiger charge is 2.23. The van der Waals surface area contributed by atoms with Crippen molar-refractivity contribution in [3.63, 3.8) is 0 Å². The topological polar surface area (TPSA) is 36.7 Å². The molecule has 0 saturated heterocycles. The predicted octanol–water partition coefficient (Wildman–Crippen LogP) is 9.19. The van der Waals surface area contributed by atoms with Crippen molar-refractivity contribution in [2.24, 2.45) is 0 Å². The molecule has 35 heavy (non-hydrogen) atoms. The molecule has 3 aromatic carbocycles. The van der Waals surface area contributed by atoms with E-state index in [1.807, 2.05) is 0 Å². The first-order chi connectivity index (χ1) is 16.6. The molecule has 0 N–H and O–H groups in total. The third kappa shape index (κ3) is 3.83. The normalized spacial score (nSPS) is 11.8. The summed E-state index contributed by atoms with van der Waals surface area (Å²) in [6.07, 6.45) is 1.75. The van der Waals surface area contributed by atoms with Crippen LogP contribution in [0.4, 0.5) is 0 Å². The van der Waals surface area contributed by atoms with E-state index in [0.29, 0.717) is 5.56 Å². The van der Waals surface area contributed by atoms with Crippen molar-refractivity contribution in [3.05, 3.63) is 88.1 Å². The van der Waals surface area contributed by atoms with Gasteiger partial charge in [-0.3, -0.25) is 4.98 Å². The summed E-state index contributed by atoms with van der Waals surface area (Å²) in [5.41, 5.74) is 10.3. The summed E-state index contributed by atoms with van der Waals surface area (Å²) >= 11 is 1.77. The van der Waals surface area contributed by atoms with Gasteiger partial charge in [0.25, 0.3) is 0 Å². The van der Waals surface area contributed by atoms with E-state index in [4.69, 9.17) is 4.98 Å². The van der Waals surface area contributed by atoms with Crippen molar-refractivity contribution in [3.8, 4) is 27.8 Å². The van der Waals surface area contributed by atoms with E-state index >= 15 is 0 Å². The van der Waals surface area contributed by atoms with E-state index < -0.39 is 0 Å². The Hall–Kier alpha value is -3.48. The Labute approximate surface area is 211 Å². The molecule has 0 spiro atoms. The summed E-state index contributed by atoms with van der Waals surface area (Å²) < 4.78 is 1.09. The van der Waals surface area contributed by atoms with Gasteiger partial charge in [0.2, 0.25) is 0 Å². The summed E-state index contributed by atoms with van der Waals surface area (Å²) in [5, 5.41) is 13.5. The molecular weight excluding hydrogens is 444 g/mol. The molecule has 174 valence electrons. The van der Waals surface area contributed by atoms with Crippen molar-refractivity contribution in [1.82, 2.24) is 4.98 Å². The fourth-order valence-electron chi connectivity index (χ4n) is 5.39. The lowest BCUT2D eigenvalue weighted by atomic mass is 9.82. The number of pyridine rings is 1. The van der Waals surface area contributed by atoms with E-state index in [1.165, 1.54) is 43.5 Å². The maximum Gasteiger partial charge on any atom is 0.101 e. The molecule has 0 aliphatic rings. The van der Waals surface area contributed by atoms with Gasteiger partial charge in [-0.05, 0) is 83.8 Å². The predicted molar refractivity (Wildman–Crippen MR) is 150 cm³/mol. The van der Waals surface area contributed by atoms with Gasteiger partial charge >= 0.3 is 0 Å². The van der Waals surface area contributed by atoms with Crippen LogP contribution in [0, 0.1) is 39.0 Å². The Kier molecular flexibility index (Phi) is 5.54. The van der Waals surface area contributed by atoms with E-state index in [1.54, 1.807) is 17.5 Å². The van der Waals surface area contributed by atoms with Crippen LogP contribution >= 0.6 is 11.3 Å². The van der Waals surface area contributed by atoms with Gasteiger partial charge in [-0.2, -0.15) is 5.26 Å². The zero-order valence-corrected chi connectivity index (χ0v) is 22.3. The number of nitriles is 1. The van der Waals surface area contributed by atoms with Crippen molar-refractivity contribution in [2.45, 2.75) is 53.9 Å². The Bertz CT molecular complexity index is 1650. The summed E-state index contributed by atoms with van der Waals surface area (Å²) in [4.78, 5) is 6.11. The average Bonchev–Trinajstić information content (AvgIpc) is 3.13. The van der Waals surface area contributed by atoms with Crippen molar-refractivity contribution in [2.75, 3.05) is 0 Å². The number of hydrogen-bond donors (Lipinski definition) is 0. The SMILES string of the molecule is Cc1cc(C)c(-c2sc3c(-c4cc(C(C)(C)C)c5ccccc5c4)ncc(C#N)c3c2C)c(C)c1. The minimum atomic E-state index is -0.00598. The first-order valence-corrected chi connectivity index (χ1v) is 12.9. The number of nitrogens with zero attached hydrogens (tertiary/aromatic N) is 2. The second-order valence-electron chi connectivity index (χ2n) is 10.7. The molecule has 0 aliphatic heterocycles. The van der Waals surface area contributed by atoms with E-state index in [-0.39, 0.29) is 5.41 Å². The number of aryl methyl sites for hydroxylation is 4. The summed E-state index contributed by atoms with van der Waals surface area (Å²) in [6.45, 7) is 15.4. The van der Waals surface area contributed by atoms with Crippen LogP contribution in [0.1, 0.15) is 54.2 Å². The fraction of sp³-hybridized carbons (Fsp3) is 0.250. The van der Waals surface area contributed by atoms with Gasteiger partial charge in [-0.15, -0.1) is 11.3 Å². The Morgan fingerprint density at radius 3 is 2.26 bits per heavy atom. The molecule has 0 bridgehead atoms. The molecule has 0 unspecified atom stereocenters. The van der Waals surface area contributed by atoms with Gasteiger partial charge in [-0.1, -0.05) is 62.7 Å². The lowest BCUT2D eigenvalue weighted by molar-refractivity contribution is 0.596. The largest absolute Gasteiger partial charge is 0.253 e.